The van der Waals surface area contributed by atoms with Crippen LogP contribution in [0.2, 0.25) is 0 Å². The topological polar surface area (TPSA) is 105 Å². The summed E-state index contributed by atoms with van der Waals surface area (Å²) in [6.07, 6.45) is 0.804. The number of ether oxygens (including phenoxy) is 1. The van der Waals surface area contributed by atoms with Crippen molar-refractivity contribution in [3.63, 3.8) is 0 Å². The average Bonchev–Trinajstić information content (AvgIpc) is 2.82. The first-order valence-corrected chi connectivity index (χ1v) is 12.9. The third kappa shape index (κ3) is 6.15. The van der Waals surface area contributed by atoms with Gasteiger partial charge >= 0.3 is 0 Å². The zero-order valence-corrected chi connectivity index (χ0v) is 20.9. The maximum Gasteiger partial charge on any atom is 0.247 e. The number of rotatable bonds is 8. The maximum atomic E-state index is 13.0. The number of sulfonamides is 1. The number of methoxy groups -OCH3 is 1. The Morgan fingerprint density at radius 1 is 1.06 bits per heavy atom. The van der Waals surface area contributed by atoms with Crippen LogP contribution in [0, 0.1) is 18.8 Å². The molecule has 0 radical (unpaired) electrons. The highest BCUT2D eigenvalue weighted by molar-refractivity contribution is 7.89. The van der Waals surface area contributed by atoms with Crippen molar-refractivity contribution in [2.75, 3.05) is 25.5 Å². The third-order valence-corrected chi connectivity index (χ3v) is 7.98. The molecule has 8 nitrogen and oxygen atoms in total. The lowest BCUT2D eigenvalue weighted by Crippen LogP contribution is -2.50. The number of anilines is 1. The number of nitrogens with zero attached hydrogens (tertiary/aromatic N) is 1. The predicted molar refractivity (Wildman–Crippen MR) is 131 cm³/mol. The Bertz CT molecular complexity index is 1110. The van der Waals surface area contributed by atoms with Gasteiger partial charge in [-0.3, -0.25) is 9.59 Å². The van der Waals surface area contributed by atoms with Crippen LogP contribution in [0.25, 0.3) is 0 Å². The predicted octanol–water partition coefficient (Wildman–Crippen LogP) is 3.18. The molecule has 1 atom stereocenters. The molecule has 2 aromatic carbocycles. The zero-order valence-electron chi connectivity index (χ0n) is 20.1. The van der Waals surface area contributed by atoms with Gasteiger partial charge in [0, 0.05) is 30.8 Å². The van der Waals surface area contributed by atoms with E-state index in [0.717, 1.165) is 5.56 Å². The van der Waals surface area contributed by atoms with Crippen LogP contribution in [-0.2, 0) is 19.6 Å². The van der Waals surface area contributed by atoms with E-state index in [1.165, 1.54) is 4.31 Å². The first-order valence-electron chi connectivity index (χ1n) is 11.4. The maximum absolute atomic E-state index is 13.0. The minimum atomic E-state index is -3.59. The normalized spacial score (nSPS) is 16.1. The molecule has 2 amide bonds. The van der Waals surface area contributed by atoms with Crippen molar-refractivity contribution in [3.8, 4) is 5.75 Å². The lowest BCUT2D eigenvalue weighted by atomic mass is 9.95. The number of hydrogen-bond donors (Lipinski definition) is 2. The van der Waals surface area contributed by atoms with Gasteiger partial charge in [0.15, 0.2) is 0 Å². The fourth-order valence-electron chi connectivity index (χ4n) is 3.94. The molecule has 1 aliphatic heterocycles. The Morgan fingerprint density at radius 2 is 1.71 bits per heavy atom. The number of amides is 2. The van der Waals surface area contributed by atoms with Gasteiger partial charge in [0.25, 0.3) is 0 Å². The summed E-state index contributed by atoms with van der Waals surface area (Å²) >= 11 is 0. The highest BCUT2D eigenvalue weighted by atomic mass is 32.2. The van der Waals surface area contributed by atoms with Crippen LogP contribution in [0.15, 0.2) is 53.4 Å². The van der Waals surface area contributed by atoms with E-state index in [1.54, 1.807) is 55.6 Å². The molecule has 0 saturated carbocycles. The second kappa shape index (κ2) is 11.0. The quantitative estimate of drug-likeness (QED) is 0.595. The number of carbonyl (C=O) groups excluding carboxylic acids is 2. The molecule has 34 heavy (non-hydrogen) atoms. The molecule has 184 valence electrons. The van der Waals surface area contributed by atoms with Gasteiger partial charge in [-0.2, -0.15) is 4.31 Å². The summed E-state index contributed by atoms with van der Waals surface area (Å²) in [7, 11) is -2.04. The average molecular weight is 488 g/mol. The van der Waals surface area contributed by atoms with Gasteiger partial charge in [-0.15, -0.1) is 0 Å². The third-order valence-electron chi connectivity index (χ3n) is 6.07. The first kappa shape index (κ1) is 25.7. The Kier molecular flexibility index (Phi) is 8.33. The standard InChI is InChI=1S/C25H33N3O5S/c1-17(2)23(25(30)26-20-6-5-7-21(16-20)33-4)27-24(29)19-12-14-28(15-13-19)34(31,32)22-10-8-18(3)9-11-22/h5-11,16-17,19,23H,12-15H2,1-4H3,(H,26,30)(H,27,29)/t23-/m0/s1. The van der Waals surface area contributed by atoms with Crippen LogP contribution in [0.4, 0.5) is 5.69 Å². The van der Waals surface area contributed by atoms with Gasteiger partial charge in [-0.25, -0.2) is 8.42 Å². The van der Waals surface area contributed by atoms with E-state index in [0.29, 0.717) is 24.3 Å². The van der Waals surface area contributed by atoms with Crippen molar-refractivity contribution in [2.24, 2.45) is 11.8 Å². The van der Waals surface area contributed by atoms with Gasteiger partial charge in [0.05, 0.1) is 12.0 Å². The number of aryl methyl sites for hydroxylation is 1. The van der Waals surface area contributed by atoms with E-state index in [9.17, 15) is 18.0 Å². The summed E-state index contributed by atoms with van der Waals surface area (Å²) in [6, 6.07) is 13.1. The second-order valence-corrected chi connectivity index (χ2v) is 10.9. The summed E-state index contributed by atoms with van der Waals surface area (Å²) in [6.45, 7) is 6.16. The number of piperidine rings is 1. The number of hydrogen-bond acceptors (Lipinski definition) is 5. The summed E-state index contributed by atoms with van der Waals surface area (Å²) in [5, 5.41) is 5.71. The van der Waals surface area contributed by atoms with Gasteiger partial charge in [-0.1, -0.05) is 37.6 Å². The van der Waals surface area contributed by atoms with Crippen LogP contribution in [-0.4, -0.2) is 50.8 Å². The van der Waals surface area contributed by atoms with Gasteiger partial charge in [0.2, 0.25) is 21.8 Å². The SMILES string of the molecule is COc1cccc(NC(=O)[C@@H](NC(=O)C2CCN(S(=O)(=O)c3ccc(C)cc3)CC2)C(C)C)c1. The van der Waals surface area contributed by atoms with E-state index >= 15 is 0 Å². The van der Waals surface area contributed by atoms with Crippen molar-refractivity contribution < 1.29 is 22.7 Å². The molecule has 1 aliphatic rings. The first-order chi connectivity index (χ1) is 16.1. The molecule has 3 rings (SSSR count). The Morgan fingerprint density at radius 3 is 2.29 bits per heavy atom. The molecule has 0 bridgehead atoms. The molecule has 0 unspecified atom stereocenters. The van der Waals surface area contributed by atoms with Gasteiger partial charge in [-0.05, 0) is 49.9 Å². The molecule has 0 aromatic heterocycles. The highest BCUT2D eigenvalue weighted by Crippen LogP contribution is 2.25. The lowest BCUT2D eigenvalue weighted by Gasteiger charge is -2.32. The summed E-state index contributed by atoms with van der Waals surface area (Å²) < 4.78 is 32.4. The van der Waals surface area contributed by atoms with E-state index in [4.69, 9.17) is 4.74 Å². The monoisotopic (exact) mass is 487 g/mol. The van der Waals surface area contributed by atoms with Crippen LogP contribution in [0.3, 0.4) is 0 Å². The zero-order chi connectivity index (χ0) is 24.9. The minimum absolute atomic E-state index is 0.128. The number of carbonyl (C=O) groups is 2. The molecule has 1 heterocycles. The molecular weight excluding hydrogens is 454 g/mol. The van der Waals surface area contributed by atoms with Crippen molar-refractivity contribution in [2.45, 2.75) is 44.6 Å². The molecule has 9 heteroatoms. The highest BCUT2D eigenvalue weighted by Gasteiger charge is 2.34. The van der Waals surface area contributed by atoms with Crippen LogP contribution < -0.4 is 15.4 Å². The molecular formula is C25H33N3O5S. The molecule has 1 saturated heterocycles. The lowest BCUT2D eigenvalue weighted by molar-refractivity contribution is -0.130. The second-order valence-electron chi connectivity index (χ2n) is 8.94. The minimum Gasteiger partial charge on any atom is -0.497 e. The van der Waals surface area contributed by atoms with E-state index in [1.807, 2.05) is 20.8 Å². The number of benzene rings is 2. The van der Waals surface area contributed by atoms with E-state index in [-0.39, 0.29) is 41.6 Å². The summed E-state index contributed by atoms with van der Waals surface area (Å²) in [5.74, 6) is -0.398. The molecule has 1 fully saturated rings. The van der Waals surface area contributed by atoms with Crippen molar-refractivity contribution >= 4 is 27.5 Å². The van der Waals surface area contributed by atoms with E-state index < -0.39 is 16.1 Å². The smallest absolute Gasteiger partial charge is 0.247 e. The van der Waals surface area contributed by atoms with Crippen LogP contribution in [0.5, 0.6) is 5.75 Å². The summed E-state index contributed by atoms with van der Waals surface area (Å²) in [4.78, 5) is 26.1. The molecule has 2 N–H and O–H groups in total. The molecule has 0 spiro atoms. The fourth-order valence-corrected chi connectivity index (χ4v) is 5.41. The van der Waals surface area contributed by atoms with Crippen molar-refractivity contribution in [3.05, 3.63) is 54.1 Å². The number of nitrogens with one attached hydrogen (secondary N) is 2. The molecule has 0 aliphatic carbocycles. The van der Waals surface area contributed by atoms with Gasteiger partial charge in [0.1, 0.15) is 11.8 Å². The Labute approximate surface area is 201 Å². The Balaban J connectivity index is 1.59. The largest absolute Gasteiger partial charge is 0.497 e. The fraction of sp³-hybridized carbons (Fsp3) is 0.440. The Hall–Kier alpha value is -2.91. The van der Waals surface area contributed by atoms with Crippen LogP contribution >= 0.6 is 0 Å². The van der Waals surface area contributed by atoms with Crippen molar-refractivity contribution in [1.29, 1.82) is 0 Å². The van der Waals surface area contributed by atoms with Crippen molar-refractivity contribution in [1.82, 2.24) is 9.62 Å². The summed E-state index contributed by atoms with van der Waals surface area (Å²) in [5.41, 5.74) is 1.57. The van der Waals surface area contributed by atoms with E-state index in [2.05, 4.69) is 10.6 Å². The van der Waals surface area contributed by atoms with Crippen LogP contribution in [0.1, 0.15) is 32.3 Å². The van der Waals surface area contributed by atoms with Gasteiger partial charge < -0.3 is 15.4 Å². The molecule has 2 aromatic rings.